The summed E-state index contributed by atoms with van der Waals surface area (Å²) < 4.78 is 1.37. The Hall–Kier alpha value is -2.64. The highest BCUT2D eigenvalue weighted by Crippen LogP contribution is 2.24. The van der Waals surface area contributed by atoms with Crippen LogP contribution in [0.2, 0.25) is 0 Å². The Morgan fingerprint density at radius 3 is 1.57 bits per heavy atom. The standard InChI is InChI=1S/C14H10.C8H6S/c1-3-7-13-11(5-1)9-10-12-6-2-4-8-14(12)13;1-2-4-8-7(3-1)5-6-9-8/h1-10H;1-6H. The van der Waals surface area contributed by atoms with Crippen molar-refractivity contribution < 1.29 is 0 Å². The fraction of sp³-hybridized carbons (Fsp3) is 0. The molecule has 5 rings (SSSR count). The second-order valence-corrected chi connectivity index (χ2v) is 6.41. The lowest BCUT2D eigenvalue weighted by atomic mass is 10.0. The first-order chi connectivity index (χ1) is 11.4. The molecule has 0 fully saturated rings. The summed E-state index contributed by atoms with van der Waals surface area (Å²) in [6, 6.07) is 31.9. The number of hydrogen-bond donors (Lipinski definition) is 0. The Morgan fingerprint density at radius 2 is 0.957 bits per heavy atom. The SMILES string of the molecule is c1ccc2c(c1)ccc1ccccc12.c1ccc2sccc2c1. The Balaban J connectivity index is 0.000000130. The van der Waals surface area contributed by atoms with E-state index in [1.165, 1.54) is 31.6 Å². The van der Waals surface area contributed by atoms with Crippen molar-refractivity contribution in [2.45, 2.75) is 0 Å². The van der Waals surface area contributed by atoms with Crippen LogP contribution in [0.5, 0.6) is 0 Å². The van der Waals surface area contributed by atoms with E-state index in [2.05, 4.69) is 96.4 Å². The third-order valence-electron chi connectivity index (χ3n) is 4.02. The van der Waals surface area contributed by atoms with Crippen molar-refractivity contribution in [1.82, 2.24) is 0 Å². The fourth-order valence-corrected chi connectivity index (χ4v) is 3.65. The molecule has 23 heavy (non-hydrogen) atoms. The summed E-state index contributed by atoms with van der Waals surface area (Å²) in [6.07, 6.45) is 0. The van der Waals surface area contributed by atoms with Gasteiger partial charge in [0.1, 0.15) is 0 Å². The lowest BCUT2D eigenvalue weighted by Gasteiger charge is -2.02. The summed E-state index contributed by atoms with van der Waals surface area (Å²) in [5.41, 5.74) is 0. The molecule has 4 aromatic carbocycles. The zero-order valence-electron chi connectivity index (χ0n) is 12.6. The lowest BCUT2D eigenvalue weighted by Crippen LogP contribution is -1.75. The molecule has 0 nitrogen and oxygen atoms in total. The van der Waals surface area contributed by atoms with Crippen LogP contribution < -0.4 is 0 Å². The highest BCUT2D eigenvalue weighted by Gasteiger charge is 1.97. The molecule has 5 aromatic rings. The number of rotatable bonds is 0. The van der Waals surface area contributed by atoms with Crippen LogP contribution in [0.4, 0.5) is 0 Å². The van der Waals surface area contributed by atoms with Crippen molar-refractivity contribution in [2.24, 2.45) is 0 Å². The topological polar surface area (TPSA) is 0 Å². The van der Waals surface area contributed by atoms with E-state index in [1.807, 2.05) is 0 Å². The third kappa shape index (κ3) is 2.84. The number of thiophene rings is 1. The van der Waals surface area contributed by atoms with Gasteiger partial charge in [-0.05, 0) is 44.4 Å². The van der Waals surface area contributed by atoms with Crippen molar-refractivity contribution in [1.29, 1.82) is 0 Å². The fourth-order valence-electron chi connectivity index (χ4n) is 2.86. The van der Waals surface area contributed by atoms with E-state index in [9.17, 15) is 0 Å². The molecule has 0 atom stereocenters. The first-order valence-electron chi connectivity index (χ1n) is 7.70. The zero-order chi connectivity index (χ0) is 15.5. The van der Waals surface area contributed by atoms with E-state index < -0.39 is 0 Å². The maximum Gasteiger partial charge on any atom is 0.0342 e. The molecular weight excluding hydrogens is 296 g/mol. The van der Waals surface area contributed by atoms with Crippen molar-refractivity contribution in [3.8, 4) is 0 Å². The summed E-state index contributed by atoms with van der Waals surface area (Å²) in [7, 11) is 0. The summed E-state index contributed by atoms with van der Waals surface area (Å²) in [5.74, 6) is 0. The van der Waals surface area contributed by atoms with Crippen molar-refractivity contribution in [2.75, 3.05) is 0 Å². The van der Waals surface area contributed by atoms with Gasteiger partial charge in [0.15, 0.2) is 0 Å². The second kappa shape index (κ2) is 6.23. The molecule has 1 heterocycles. The van der Waals surface area contributed by atoms with Crippen molar-refractivity contribution >= 4 is 43.0 Å². The molecule has 0 aliphatic heterocycles. The molecule has 0 aliphatic rings. The predicted molar refractivity (Wildman–Crippen MR) is 103 cm³/mol. The smallest absolute Gasteiger partial charge is 0.0342 e. The van der Waals surface area contributed by atoms with Gasteiger partial charge >= 0.3 is 0 Å². The minimum atomic E-state index is 1.31. The summed E-state index contributed by atoms with van der Waals surface area (Å²) in [6.45, 7) is 0. The molecule has 1 aromatic heterocycles. The third-order valence-corrected chi connectivity index (χ3v) is 4.91. The Morgan fingerprint density at radius 1 is 0.435 bits per heavy atom. The van der Waals surface area contributed by atoms with Crippen molar-refractivity contribution in [3.63, 3.8) is 0 Å². The average Bonchev–Trinajstić information content (AvgIpc) is 3.11. The van der Waals surface area contributed by atoms with Crippen LogP contribution in [0.15, 0.2) is 96.4 Å². The van der Waals surface area contributed by atoms with E-state index in [1.54, 1.807) is 11.3 Å². The summed E-state index contributed by atoms with van der Waals surface area (Å²) in [5, 5.41) is 8.76. The van der Waals surface area contributed by atoms with Crippen LogP contribution in [0.1, 0.15) is 0 Å². The molecule has 110 valence electrons. The van der Waals surface area contributed by atoms with Gasteiger partial charge in [-0.3, -0.25) is 0 Å². The molecule has 0 saturated carbocycles. The number of fused-ring (bicyclic) bond motifs is 4. The molecule has 0 saturated heterocycles. The number of hydrogen-bond acceptors (Lipinski definition) is 1. The molecule has 0 bridgehead atoms. The van der Waals surface area contributed by atoms with E-state index in [-0.39, 0.29) is 0 Å². The molecular formula is C22H16S. The van der Waals surface area contributed by atoms with E-state index in [0.29, 0.717) is 0 Å². The Bertz CT molecular complexity index is 988. The van der Waals surface area contributed by atoms with Crippen molar-refractivity contribution in [3.05, 3.63) is 96.4 Å². The first-order valence-corrected chi connectivity index (χ1v) is 8.58. The highest BCUT2D eigenvalue weighted by molar-refractivity contribution is 7.17. The average molecular weight is 312 g/mol. The minimum absolute atomic E-state index is 1.31. The van der Waals surface area contributed by atoms with Crippen LogP contribution in [0, 0.1) is 0 Å². The Labute approximate surface area is 139 Å². The van der Waals surface area contributed by atoms with Gasteiger partial charge in [-0.1, -0.05) is 78.9 Å². The molecule has 0 unspecified atom stereocenters. The summed E-state index contributed by atoms with van der Waals surface area (Å²) >= 11 is 1.79. The highest BCUT2D eigenvalue weighted by atomic mass is 32.1. The van der Waals surface area contributed by atoms with Crippen LogP contribution >= 0.6 is 11.3 Å². The quantitative estimate of drug-likeness (QED) is 0.273. The van der Waals surface area contributed by atoms with Gasteiger partial charge in [0, 0.05) is 4.70 Å². The maximum atomic E-state index is 2.18. The lowest BCUT2D eigenvalue weighted by molar-refractivity contribution is 1.76. The summed E-state index contributed by atoms with van der Waals surface area (Å²) in [4.78, 5) is 0. The number of benzene rings is 4. The van der Waals surface area contributed by atoms with Crippen LogP contribution in [-0.2, 0) is 0 Å². The van der Waals surface area contributed by atoms with Crippen LogP contribution in [-0.4, -0.2) is 0 Å². The largest absolute Gasteiger partial charge is 0.144 e. The van der Waals surface area contributed by atoms with E-state index in [0.717, 1.165) is 0 Å². The first kappa shape index (κ1) is 14.0. The Kier molecular flexibility index (Phi) is 3.79. The van der Waals surface area contributed by atoms with E-state index in [4.69, 9.17) is 0 Å². The second-order valence-electron chi connectivity index (χ2n) is 5.47. The van der Waals surface area contributed by atoms with E-state index >= 15 is 0 Å². The minimum Gasteiger partial charge on any atom is -0.144 e. The molecule has 0 radical (unpaired) electrons. The molecule has 0 aliphatic carbocycles. The van der Waals surface area contributed by atoms with Gasteiger partial charge in [-0.15, -0.1) is 11.3 Å². The molecule has 0 amide bonds. The maximum absolute atomic E-state index is 2.18. The van der Waals surface area contributed by atoms with Crippen LogP contribution in [0.3, 0.4) is 0 Å². The van der Waals surface area contributed by atoms with Gasteiger partial charge in [0.2, 0.25) is 0 Å². The molecule has 1 heteroatoms. The van der Waals surface area contributed by atoms with Crippen LogP contribution in [0.25, 0.3) is 31.6 Å². The molecule has 0 N–H and O–H groups in total. The molecule has 0 spiro atoms. The zero-order valence-corrected chi connectivity index (χ0v) is 13.5. The normalized spacial score (nSPS) is 10.6. The van der Waals surface area contributed by atoms with Gasteiger partial charge in [-0.25, -0.2) is 0 Å². The van der Waals surface area contributed by atoms with Gasteiger partial charge in [0.05, 0.1) is 0 Å². The van der Waals surface area contributed by atoms with Gasteiger partial charge in [0.25, 0.3) is 0 Å². The van der Waals surface area contributed by atoms with Gasteiger partial charge in [-0.2, -0.15) is 0 Å². The van der Waals surface area contributed by atoms with Gasteiger partial charge < -0.3 is 0 Å². The predicted octanol–water partition coefficient (Wildman–Crippen LogP) is 6.89. The monoisotopic (exact) mass is 312 g/mol.